The predicted molar refractivity (Wildman–Crippen MR) is 152 cm³/mol. The lowest BCUT2D eigenvalue weighted by molar-refractivity contribution is -0.170. The Kier molecular flexibility index (Phi) is 5.79. The summed E-state index contributed by atoms with van der Waals surface area (Å²) < 4.78 is 24.6. The molecule has 9 heteroatoms. The topological polar surface area (TPSA) is 137 Å². The van der Waals surface area contributed by atoms with Gasteiger partial charge in [0, 0.05) is 30.0 Å². The summed E-state index contributed by atoms with van der Waals surface area (Å²) in [5.74, 6) is -0.0573. The van der Waals surface area contributed by atoms with Crippen LogP contribution in [-0.4, -0.2) is 34.5 Å². The zero-order valence-corrected chi connectivity index (χ0v) is 23.4. The molecule has 1 spiro atoms. The summed E-state index contributed by atoms with van der Waals surface area (Å²) in [5.41, 5.74) is 7.87. The molecule has 0 saturated carbocycles. The number of fused-ring (bicyclic) bond motifs is 5. The van der Waals surface area contributed by atoms with Crippen molar-refractivity contribution in [3.8, 4) is 11.5 Å². The van der Waals surface area contributed by atoms with E-state index in [0.717, 1.165) is 29.5 Å². The molecule has 4 N–H and O–H groups in total. The van der Waals surface area contributed by atoms with E-state index in [1.807, 2.05) is 44.3 Å². The molecule has 0 unspecified atom stereocenters. The molecule has 4 aliphatic heterocycles. The minimum atomic E-state index is -1.03. The van der Waals surface area contributed by atoms with Crippen molar-refractivity contribution in [2.24, 2.45) is 5.73 Å². The SMILES string of the molecule is Cc1cc(=O)c2c(O)c3c(cc2o1)OC(C)(C)[C@@H]1OC(=O)[C@@]2(CCCC[C@@H]31)O[C@@H]2Cc1cccc2c1C=CN[C@@H]2N. The van der Waals surface area contributed by atoms with Gasteiger partial charge in [0.2, 0.25) is 0 Å². The molecular formula is C32H34N2O7. The Bertz CT molecular complexity index is 1670. The lowest BCUT2D eigenvalue weighted by Gasteiger charge is -2.44. The fourth-order valence-electron chi connectivity index (χ4n) is 7.06. The predicted octanol–water partition coefficient (Wildman–Crippen LogP) is 4.46. The Labute approximate surface area is 237 Å². The largest absolute Gasteiger partial charge is 0.507 e. The van der Waals surface area contributed by atoms with Crippen LogP contribution in [0.1, 0.15) is 79.6 Å². The maximum Gasteiger partial charge on any atom is 0.341 e. The number of hydrogen-bond acceptors (Lipinski definition) is 9. The van der Waals surface area contributed by atoms with Gasteiger partial charge in [-0.05, 0) is 69.0 Å². The maximum absolute atomic E-state index is 13.9. The molecule has 0 bridgehead atoms. The third-order valence-corrected chi connectivity index (χ3v) is 9.12. The van der Waals surface area contributed by atoms with Crippen LogP contribution in [0.5, 0.6) is 11.5 Å². The van der Waals surface area contributed by atoms with Gasteiger partial charge in [0.25, 0.3) is 0 Å². The molecule has 2 saturated heterocycles. The van der Waals surface area contributed by atoms with Crippen LogP contribution in [0.25, 0.3) is 17.0 Å². The summed E-state index contributed by atoms with van der Waals surface area (Å²) in [6, 6.07) is 9.06. The van der Waals surface area contributed by atoms with Gasteiger partial charge < -0.3 is 34.8 Å². The van der Waals surface area contributed by atoms with Crippen molar-refractivity contribution in [1.82, 2.24) is 5.32 Å². The van der Waals surface area contributed by atoms with Crippen LogP contribution in [0.4, 0.5) is 0 Å². The highest BCUT2D eigenvalue weighted by Gasteiger charge is 2.64. The van der Waals surface area contributed by atoms with Gasteiger partial charge in [-0.15, -0.1) is 0 Å². The van der Waals surface area contributed by atoms with E-state index in [2.05, 4.69) is 5.32 Å². The van der Waals surface area contributed by atoms with E-state index >= 15 is 0 Å². The first-order valence-electron chi connectivity index (χ1n) is 14.3. The highest BCUT2D eigenvalue weighted by Crippen LogP contribution is 2.53. The number of phenols is 1. The highest BCUT2D eigenvalue weighted by molar-refractivity contribution is 5.88. The van der Waals surface area contributed by atoms with Crippen LogP contribution in [0.2, 0.25) is 0 Å². The third kappa shape index (κ3) is 4.05. The van der Waals surface area contributed by atoms with Crippen LogP contribution in [0.3, 0.4) is 0 Å². The first-order chi connectivity index (χ1) is 19.6. The first kappa shape index (κ1) is 26.1. The number of benzene rings is 2. The molecule has 214 valence electrons. The van der Waals surface area contributed by atoms with Crippen LogP contribution in [-0.2, 0) is 20.7 Å². The lowest BCUT2D eigenvalue weighted by atomic mass is 9.77. The molecule has 0 amide bonds. The molecule has 2 aromatic carbocycles. The fourth-order valence-corrected chi connectivity index (χ4v) is 7.06. The van der Waals surface area contributed by atoms with E-state index in [-0.39, 0.29) is 40.3 Å². The van der Waals surface area contributed by atoms with E-state index in [4.69, 9.17) is 24.4 Å². The average molecular weight is 559 g/mol. The van der Waals surface area contributed by atoms with Crippen molar-refractivity contribution in [2.75, 3.05) is 0 Å². The number of carbonyl (C=O) groups excluding carboxylic acids is 1. The zero-order chi connectivity index (χ0) is 28.7. The number of nitrogens with one attached hydrogen (secondary N) is 1. The van der Waals surface area contributed by atoms with Crippen molar-refractivity contribution >= 4 is 23.0 Å². The maximum atomic E-state index is 13.9. The molecule has 2 fully saturated rings. The van der Waals surface area contributed by atoms with Crippen LogP contribution >= 0.6 is 0 Å². The first-order valence-corrected chi connectivity index (χ1v) is 14.3. The Morgan fingerprint density at radius 1 is 1.17 bits per heavy atom. The standard InChI is InChI=1S/C32H34N2O7/c1-16-13-21(35)26-22(38-16)15-23-25(27(26)36)20-8-4-5-11-32(30(37)39-28(20)31(2,3)40-23)24(41-32)14-17-7-6-9-19-18(17)10-12-34-29(19)33/h6-7,9-10,12-13,15,20,24,28-29,34,36H,4-5,8,11,14,33H2,1-3H3/t20-,24+,28+,29-,32-/m0/s1. The Morgan fingerprint density at radius 3 is 2.83 bits per heavy atom. The zero-order valence-electron chi connectivity index (χ0n) is 23.4. The fraction of sp³-hybridized carbons (Fsp3) is 0.438. The minimum absolute atomic E-state index is 0.111. The van der Waals surface area contributed by atoms with Gasteiger partial charge >= 0.3 is 5.97 Å². The summed E-state index contributed by atoms with van der Waals surface area (Å²) >= 11 is 0. The number of hydrogen-bond donors (Lipinski definition) is 3. The third-order valence-electron chi connectivity index (χ3n) is 9.12. The van der Waals surface area contributed by atoms with Gasteiger partial charge in [0.15, 0.2) is 11.0 Å². The lowest BCUT2D eigenvalue weighted by Crippen LogP contribution is -2.52. The van der Waals surface area contributed by atoms with Gasteiger partial charge in [-0.2, -0.15) is 0 Å². The normalized spacial score (nSPS) is 29.6. The Hall–Kier alpha value is -3.82. The van der Waals surface area contributed by atoms with Crippen molar-refractivity contribution in [3.05, 3.63) is 74.8 Å². The number of aryl methyl sites for hydroxylation is 1. The van der Waals surface area contributed by atoms with Gasteiger partial charge in [0.1, 0.15) is 52.2 Å². The minimum Gasteiger partial charge on any atom is -0.507 e. The molecule has 5 atom stereocenters. The Balaban J connectivity index is 1.22. The van der Waals surface area contributed by atoms with Gasteiger partial charge in [-0.25, -0.2) is 4.79 Å². The number of rotatable bonds is 2. The monoisotopic (exact) mass is 558 g/mol. The van der Waals surface area contributed by atoms with Crippen molar-refractivity contribution < 1.29 is 28.5 Å². The van der Waals surface area contributed by atoms with Crippen molar-refractivity contribution in [2.45, 2.75) is 88.4 Å². The summed E-state index contributed by atoms with van der Waals surface area (Å²) in [4.78, 5) is 26.7. The van der Waals surface area contributed by atoms with Gasteiger partial charge in [-0.1, -0.05) is 24.6 Å². The second-order valence-electron chi connectivity index (χ2n) is 12.2. The molecule has 0 radical (unpaired) electrons. The smallest absolute Gasteiger partial charge is 0.341 e. The van der Waals surface area contributed by atoms with E-state index in [1.54, 1.807) is 13.0 Å². The van der Waals surface area contributed by atoms with E-state index in [0.29, 0.717) is 36.3 Å². The highest BCUT2D eigenvalue weighted by atomic mass is 16.7. The second-order valence-corrected chi connectivity index (χ2v) is 12.2. The number of esters is 1. The van der Waals surface area contributed by atoms with E-state index in [1.165, 1.54) is 6.07 Å². The number of nitrogens with two attached hydrogens (primary N) is 1. The van der Waals surface area contributed by atoms with Crippen LogP contribution in [0.15, 0.2) is 45.7 Å². The van der Waals surface area contributed by atoms with Crippen LogP contribution in [0, 0.1) is 6.92 Å². The van der Waals surface area contributed by atoms with E-state index < -0.39 is 23.3 Å². The Morgan fingerprint density at radius 2 is 2.00 bits per heavy atom. The molecule has 1 aromatic heterocycles. The number of aromatic hydroxyl groups is 1. The second kappa shape index (κ2) is 9.09. The van der Waals surface area contributed by atoms with Gasteiger partial charge in [0.05, 0.1) is 0 Å². The number of phenolic OH excluding ortho intramolecular Hbond substituents is 1. The average Bonchev–Trinajstić information content (AvgIpc) is 3.59. The summed E-state index contributed by atoms with van der Waals surface area (Å²) in [5, 5.41) is 14.6. The molecular weight excluding hydrogens is 524 g/mol. The molecule has 41 heavy (non-hydrogen) atoms. The van der Waals surface area contributed by atoms with Crippen molar-refractivity contribution in [3.63, 3.8) is 0 Å². The quantitative estimate of drug-likeness (QED) is 0.308. The summed E-state index contributed by atoms with van der Waals surface area (Å²) in [6.45, 7) is 5.45. The molecule has 7 rings (SSSR count). The van der Waals surface area contributed by atoms with Gasteiger partial charge in [-0.3, -0.25) is 4.79 Å². The number of ether oxygens (including phenoxy) is 3. The number of epoxide rings is 1. The molecule has 3 aromatic rings. The molecule has 4 aliphatic rings. The molecule has 9 nitrogen and oxygen atoms in total. The van der Waals surface area contributed by atoms with Crippen LogP contribution < -0.4 is 21.2 Å². The number of carbonyl (C=O) groups is 1. The van der Waals surface area contributed by atoms with E-state index in [9.17, 15) is 14.7 Å². The molecule has 5 heterocycles. The molecule has 0 aliphatic carbocycles. The summed E-state index contributed by atoms with van der Waals surface area (Å²) in [7, 11) is 0. The van der Waals surface area contributed by atoms with Crippen molar-refractivity contribution in [1.29, 1.82) is 0 Å². The summed E-state index contributed by atoms with van der Waals surface area (Å²) in [6.07, 6.45) is 5.86.